The van der Waals surface area contributed by atoms with E-state index in [0.717, 1.165) is 0 Å². The second-order valence-corrected chi connectivity index (χ2v) is 4.05. The third-order valence-electron chi connectivity index (χ3n) is 2.25. The van der Waals surface area contributed by atoms with Crippen molar-refractivity contribution in [3.8, 4) is 0 Å². The zero-order valence-corrected chi connectivity index (χ0v) is 11.2. The first-order valence-electron chi connectivity index (χ1n) is 5.37. The van der Waals surface area contributed by atoms with Crippen LogP contribution in [0, 0.1) is 6.92 Å². The molecule has 0 unspecified atom stereocenters. The molecule has 6 nitrogen and oxygen atoms in total. The van der Waals surface area contributed by atoms with Gasteiger partial charge in [0.05, 0.1) is 5.56 Å². The Hall–Kier alpha value is -1.89. The van der Waals surface area contributed by atoms with Gasteiger partial charge in [-0.25, -0.2) is 0 Å². The molecule has 98 valence electrons. The number of rotatable bonds is 4. The molecule has 0 bridgehead atoms. The summed E-state index contributed by atoms with van der Waals surface area (Å²) in [4.78, 5) is 22.9. The number of Topliss-reactive ketones (excluding diaryl/α,β-unsaturated/α-hetero) is 1. The number of nitrogens with one attached hydrogen (secondary N) is 2. The molecule has 4 N–H and O–H groups in total. The standard InChI is InChI=1S/C11H15N3O3S/c1-4-13-11(18)14-10-8(9(12)16)7(5(2)15)6(3)17-10/h4H2,1-3H3,(H2,12,16)(H2,13,14,18). The van der Waals surface area contributed by atoms with Crippen molar-refractivity contribution in [1.29, 1.82) is 0 Å². The van der Waals surface area contributed by atoms with Crippen molar-refractivity contribution in [2.45, 2.75) is 20.8 Å². The monoisotopic (exact) mass is 269 g/mol. The highest BCUT2D eigenvalue weighted by molar-refractivity contribution is 7.80. The summed E-state index contributed by atoms with van der Waals surface area (Å²) < 4.78 is 5.33. The Balaban J connectivity index is 3.20. The highest BCUT2D eigenvalue weighted by Crippen LogP contribution is 2.27. The summed E-state index contributed by atoms with van der Waals surface area (Å²) in [6, 6.07) is 0. The molecule has 0 atom stereocenters. The smallest absolute Gasteiger partial charge is 0.255 e. The van der Waals surface area contributed by atoms with Crippen LogP contribution >= 0.6 is 12.2 Å². The fourth-order valence-corrected chi connectivity index (χ4v) is 1.84. The third kappa shape index (κ3) is 2.86. The molecule has 0 aromatic carbocycles. The van der Waals surface area contributed by atoms with Gasteiger partial charge in [-0.2, -0.15) is 0 Å². The first kappa shape index (κ1) is 14.2. The molecule has 0 aliphatic heterocycles. The van der Waals surface area contributed by atoms with Gasteiger partial charge in [-0.3, -0.25) is 9.59 Å². The SMILES string of the molecule is CCNC(=S)Nc1oc(C)c(C(C)=O)c1C(N)=O. The predicted molar refractivity (Wildman–Crippen MR) is 71.9 cm³/mol. The molecular weight excluding hydrogens is 254 g/mol. The second-order valence-electron chi connectivity index (χ2n) is 3.64. The number of hydrogen-bond acceptors (Lipinski definition) is 4. The number of anilines is 1. The van der Waals surface area contributed by atoms with Gasteiger partial charge in [0.25, 0.3) is 5.91 Å². The van der Waals surface area contributed by atoms with Crippen LogP contribution in [0.25, 0.3) is 0 Å². The van der Waals surface area contributed by atoms with Crippen LogP contribution in [-0.4, -0.2) is 23.3 Å². The maximum atomic E-state index is 11.5. The Labute approximate surface area is 110 Å². The van der Waals surface area contributed by atoms with E-state index in [4.69, 9.17) is 22.4 Å². The first-order chi connectivity index (χ1) is 8.38. The van der Waals surface area contributed by atoms with Gasteiger partial charge < -0.3 is 20.8 Å². The second kappa shape index (κ2) is 5.63. The van der Waals surface area contributed by atoms with Crippen LogP contribution in [0.2, 0.25) is 0 Å². The molecule has 0 aliphatic carbocycles. The van der Waals surface area contributed by atoms with Gasteiger partial charge in [-0.15, -0.1) is 0 Å². The van der Waals surface area contributed by atoms with E-state index in [9.17, 15) is 9.59 Å². The number of hydrogen-bond donors (Lipinski definition) is 3. The van der Waals surface area contributed by atoms with E-state index in [1.807, 2.05) is 6.92 Å². The van der Waals surface area contributed by atoms with Gasteiger partial charge in [-0.1, -0.05) is 0 Å². The number of thiocarbonyl (C=S) groups is 1. The predicted octanol–water partition coefficient (Wildman–Crippen LogP) is 1.20. The quantitative estimate of drug-likeness (QED) is 0.561. The van der Waals surface area contributed by atoms with Crippen LogP contribution in [0.5, 0.6) is 0 Å². The lowest BCUT2D eigenvalue weighted by molar-refractivity contribution is 0.0974. The van der Waals surface area contributed by atoms with Crippen LogP contribution in [0.15, 0.2) is 4.42 Å². The van der Waals surface area contributed by atoms with Crippen molar-refractivity contribution in [3.05, 3.63) is 16.9 Å². The summed E-state index contributed by atoms with van der Waals surface area (Å²) in [6.45, 7) is 5.43. The summed E-state index contributed by atoms with van der Waals surface area (Å²) in [6.07, 6.45) is 0. The van der Waals surface area contributed by atoms with Gasteiger partial charge in [0.2, 0.25) is 5.88 Å². The largest absolute Gasteiger partial charge is 0.444 e. The molecule has 0 saturated carbocycles. The lowest BCUT2D eigenvalue weighted by Crippen LogP contribution is -2.29. The van der Waals surface area contributed by atoms with Crippen molar-refractivity contribution in [1.82, 2.24) is 5.32 Å². The number of amides is 1. The van der Waals surface area contributed by atoms with Gasteiger partial charge in [0.1, 0.15) is 11.3 Å². The molecule has 7 heteroatoms. The minimum atomic E-state index is -0.737. The van der Waals surface area contributed by atoms with Gasteiger partial charge in [0, 0.05) is 6.54 Å². The highest BCUT2D eigenvalue weighted by atomic mass is 32.1. The summed E-state index contributed by atoms with van der Waals surface area (Å²) in [5.41, 5.74) is 5.47. The lowest BCUT2D eigenvalue weighted by Gasteiger charge is -2.06. The number of nitrogens with two attached hydrogens (primary N) is 1. The topological polar surface area (TPSA) is 97.4 Å². The molecule has 0 saturated heterocycles. The first-order valence-corrected chi connectivity index (χ1v) is 5.78. The van der Waals surface area contributed by atoms with E-state index in [2.05, 4.69) is 10.6 Å². The number of aryl methyl sites for hydroxylation is 1. The molecule has 0 spiro atoms. The molecule has 1 amide bonds. The number of furan rings is 1. The summed E-state index contributed by atoms with van der Waals surface area (Å²) in [5, 5.41) is 5.85. The molecule has 1 aromatic heterocycles. The molecule has 0 fully saturated rings. The van der Waals surface area contributed by atoms with Crippen molar-refractivity contribution in [2.24, 2.45) is 5.73 Å². The van der Waals surface area contributed by atoms with Crippen LogP contribution in [-0.2, 0) is 0 Å². The van der Waals surface area contributed by atoms with Crippen molar-refractivity contribution >= 4 is 34.9 Å². The van der Waals surface area contributed by atoms with Crippen LogP contribution < -0.4 is 16.4 Å². The number of primary amides is 1. The van der Waals surface area contributed by atoms with Crippen LogP contribution in [0.1, 0.15) is 40.3 Å². The molecule has 0 radical (unpaired) electrons. The number of ketones is 1. The van der Waals surface area contributed by atoms with Gasteiger partial charge in [0.15, 0.2) is 10.9 Å². The Morgan fingerprint density at radius 2 is 2.00 bits per heavy atom. The fraction of sp³-hybridized carbons (Fsp3) is 0.364. The minimum Gasteiger partial charge on any atom is -0.444 e. The average molecular weight is 269 g/mol. The average Bonchev–Trinajstić information content (AvgIpc) is 2.55. The Morgan fingerprint density at radius 3 is 2.44 bits per heavy atom. The van der Waals surface area contributed by atoms with Gasteiger partial charge >= 0.3 is 0 Å². The minimum absolute atomic E-state index is 0.0280. The lowest BCUT2D eigenvalue weighted by atomic mass is 10.1. The molecule has 18 heavy (non-hydrogen) atoms. The Morgan fingerprint density at radius 1 is 1.39 bits per heavy atom. The van der Waals surface area contributed by atoms with E-state index in [1.165, 1.54) is 6.92 Å². The van der Waals surface area contributed by atoms with Crippen molar-refractivity contribution < 1.29 is 14.0 Å². The third-order valence-corrected chi connectivity index (χ3v) is 2.49. The molecule has 1 rings (SSSR count). The number of carbonyl (C=O) groups is 2. The zero-order valence-electron chi connectivity index (χ0n) is 10.4. The van der Waals surface area contributed by atoms with E-state index in [-0.39, 0.29) is 22.8 Å². The van der Waals surface area contributed by atoms with Gasteiger partial charge in [-0.05, 0) is 33.0 Å². The molecular formula is C11H15N3O3S. The van der Waals surface area contributed by atoms with Crippen LogP contribution in [0.4, 0.5) is 5.88 Å². The van der Waals surface area contributed by atoms with E-state index in [0.29, 0.717) is 17.4 Å². The van der Waals surface area contributed by atoms with E-state index >= 15 is 0 Å². The number of carbonyl (C=O) groups excluding carboxylic acids is 2. The van der Waals surface area contributed by atoms with E-state index in [1.54, 1.807) is 6.92 Å². The highest BCUT2D eigenvalue weighted by Gasteiger charge is 2.25. The van der Waals surface area contributed by atoms with Crippen LogP contribution in [0.3, 0.4) is 0 Å². The Kier molecular flexibility index (Phi) is 4.43. The molecule has 1 heterocycles. The zero-order chi connectivity index (χ0) is 13.9. The summed E-state index contributed by atoms with van der Waals surface area (Å²) >= 11 is 4.98. The maximum absolute atomic E-state index is 11.5. The van der Waals surface area contributed by atoms with Crippen molar-refractivity contribution in [3.63, 3.8) is 0 Å². The summed E-state index contributed by atoms with van der Waals surface area (Å²) in [5.74, 6) is -0.597. The molecule has 0 aliphatic rings. The molecule has 1 aromatic rings. The fourth-order valence-electron chi connectivity index (χ4n) is 1.60. The van der Waals surface area contributed by atoms with E-state index < -0.39 is 5.91 Å². The maximum Gasteiger partial charge on any atom is 0.255 e. The normalized spacial score (nSPS) is 9.94. The van der Waals surface area contributed by atoms with Crippen molar-refractivity contribution in [2.75, 3.05) is 11.9 Å². The Bertz CT molecular complexity index is 508. The summed E-state index contributed by atoms with van der Waals surface area (Å²) in [7, 11) is 0.